The molecule has 0 saturated carbocycles. The first-order chi connectivity index (χ1) is 50.5. The van der Waals surface area contributed by atoms with Crippen molar-refractivity contribution >= 4 is 38.6 Å². The third kappa shape index (κ3) is 65.9. The Morgan fingerprint density at radius 3 is 0.933 bits per heavy atom. The zero-order valence-electron chi connectivity index (χ0n) is 69.1. The highest BCUT2D eigenvalue weighted by atomic mass is 31.2. The van der Waals surface area contributed by atoms with Crippen LogP contribution in [0.5, 0.6) is 0 Å². The highest BCUT2D eigenvalue weighted by Gasteiger charge is 2.62. The molecule has 5 unspecified atom stereocenters. The molecular formula is C76H166N6O18P5+. The van der Waals surface area contributed by atoms with Gasteiger partial charge in [0.2, 0.25) is 10.0 Å². The van der Waals surface area contributed by atoms with E-state index in [2.05, 4.69) is 42.0 Å². The zero-order chi connectivity index (χ0) is 79.2. The van der Waals surface area contributed by atoms with Crippen LogP contribution in [0.25, 0.3) is 0 Å². The molecule has 0 saturated heterocycles. The highest BCUT2D eigenvalue weighted by Crippen LogP contribution is 2.76. The Bertz CT molecular complexity index is 2090. The zero-order valence-corrected chi connectivity index (χ0v) is 73.6. The number of hydrogen-bond donors (Lipinski definition) is 7. The Labute approximate surface area is 644 Å². The van der Waals surface area contributed by atoms with Gasteiger partial charge in [-0.05, 0) is 105 Å². The first-order valence-corrected chi connectivity index (χ1v) is 48.7. The lowest BCUT2D eigenvalue weighted by Gasteiger charge is -2.38. The fourth-order valence-electron chi connectivity index (χ4n) is 11.6. The summed E-state index contributed by atoms with van der Waals surface area (Å²) in [5, 5.41) is 9.32. The molecule has 24 nitrogen and oxygen atoms in total. The monoisotopic (exact) mass is 1610 g/mol. The summed E-state index contributed by atoms with van der Waals surface area (Å²) >= 11 is 0. The van der Waals surface area contributed by atoms with Gasteiger partial charge in [-0.1, -0.05) is 271 Å². The Morgan fingerprint density at radius 1 is 0.400 bits per heavy atom. The summed E-state index contributed by atoms with van der Waals surface area (Å²) in [5.74, 6) is 0. The van der Waals surface area contributed by atoms with E-state index in [1.165, 1.54) is 272 Å². The van der Waals surface area contributed by atoms with Crippen molar-refractivity contribution in [3.05, 3.63) is 0 Å². The Balaban J connectivity index is -0.000000707. The number of nitriles is 1. The Hall–Kier alpha value is -0.210. The number of hydrogen-bond acceptors (Lipinski definition) is 21. The van der Waals surface area contributed by atoms with E-state index in [0.29, 0.717) is 78.4 Å². The van der Waals surface area contributed by atoms with E-state index in [-0.39, 0.29) is 32.5 Å². The molecule has 0 fully saturated rings. The van der Waals surface area contributed by atoms with Gasteiger partial charge in [0.15, 0.2) is 0 Å². The molecule has 0 aliphatic carbocycles. The lowest BCUT2D eigenvalue weighted by Crippen LogP contribution is -2.42. The molecule has 9 N–H and O–H groups in total. The molecule has 0 rings (SSSR count). The summed E-state index contributed by atoms with van der Waals surface area (Å²) < 4.78 is 114. The van der Waals surface area contributed by atoms with Gasteiger partial charge < -0.3 is 78.5 Å². The average Bonchev–Trinajstić information content (AvgIpc) is 0.753. The standard InChI is InChI=1S/C27H60N2O7P2.C24H54N2O7P2.C20H42O4P.C5H10N2/c1-6-7-8-9-10-11-12-13-14-15-16-17-18-19-24-35-25-21-26-36-38(31,34-5)27(28,22-20-23-29-2)37(30,32-3)33-4;1-3-4-5-6-7-8-9-10-11-12-13-14-15-16-21-32-22-18-23-33-35(30,31)24(25,34(27,28)29)19-17-20-26-2;1-3-4-5-6-7-8-9-10-11-12-13-14-15-16-18-23-19-17-20-24-25(21)22-2;1-7(2)5-3-4-6/h29H,6-26,28H2,1-5H3;26H,3-23,25H2,1-2H3,(H,30,31)(H2,27,28,29);3-20H2,1-2H3;3,5H2,1-2H3/q;;+1;. The number of rotatable bonds is 78. The number of nitrogens with one attached hydrogen (secondary N) is 2. The van der Waals surface area contributed by atoms with Crippen LogP contribution in [0.4, 0.5) is 0 Å². The van der Waals surface area contributed by atoms with Gasteiger partial charge in [-0.15, -0.1) is 9.05 Å². The summed E-state index contributed by atoms with van der Waals surface area (Å²) in [4.78, 5) is 31.3. The number of nitrogens with two attached hydrogens (primary N) is 2. The van der Waals surface area contributed by atoms with Crippen LogP contribution in [0.2, 0.25) is 0 Å². The Kier molecular flexibility index (Phi) is 85.1. The fraction of sp³-hybridized carbons (Fsp3) is 0.987. The predicted molar refractivity (Wildman–Crippen MR) is 437 cm³/mol. The Morgan fingerprint density at radius 2 is 0.676 bits per heavy atom. The molecule has 0 aromatic rings. The van der Waals surface area contributed by atoms with Gasteiger partial charge in [0.1, 0.15) is 6.61 Å². The van der Waals surface area contributed by atoms with Crippen LogP contribution >= 0.6 is 38.6 Å². The van der Waals surface area contributed by atoms with E-state index < -0.39 is 48.7 Å². The van der Waals surface area contributed by atoms with Crippen molar-refractivity contribution in [3.63, 3.8) is 0 Å². The maximum Gasteiger partial charge on any atom is 0.697 e. The summed E-state index contributed by atoms with van der Waals surface area (Å²) in [6.07, 6.45) is 58.8. The van der Waals surface area contributed by atoms with E-state index in [1.54, 1.807) is 14.1 Å². The summed E-state index contributed by atoms with van der Waals surface area (Å²) in [6.45, 7) is 12.7. The third-order valence-corrected chi connectivity index (χ3v) is 29.4. The normalized spacial score (nSPS) is 14.2. The molecule has 0 spiro atoms. The van der Waals surface area contributed by atoms with Crippen LogP contribution in [-0.2, 0) is 68.7 Å². The minimum absolute atomic E-state index is 0.0769. The van der Waals surface area contributed by atoms with Crippen molar-refractivity contribution in [2.24, 2.45) is 11.5 Å². The topological polar surface area (TPSA) is 341 Å². The van der Waals surface area contributed by atoms with Crippen LogP contribution in [0, 0.1) is 11.3 Å². The fourth-order valence-corrected chi connectivity index (χ4v) is 19.7. The van der Waals surface area contributed by atoms with Crippen LogP contribution in [0.1, 0.15) is 342 Å². The van der Waals surface area contributed by atoms with Crippen LogP contribution in [0.3, 0.4) is 0 Å². The van der Waals surface area contributed by atoms with Crippen molar-refractivity contribution in [2.75, 3.05) is 136 Å². The number of unbranched alkanes of at least 4 members (excludes halogenated alkanes) is 39. The van der Waals surface area contributed by atoms with Crippen LogP contribution < -0.4 is 22.1 Å². The lowest BCUT2D eigenvalue weighted by atomic mass is 10.0. The van der Waals surface area contributed by atoms with Crippen LogP contribution in [-0.4, -0.2) is 165 Å². The van der Waals surface area contributed by atoms with E-state index in [0.717, 1.165) is 45.3 Å². The summed E-state index contributed by atoms with van der Waals surface area (Å²) in [7, 11) is -7.31. The molecule has 0 radical (unpaired) electrons. The molecule has 29 heteroatoms. The summed E-state index contributed by atoms with van der Waals surface area (Å²) in [5.41, 5.74) is 12.1. The first kappa shape index (κ1) is 111. The molecule has 0 heterocycles. The second-order valence-corrected chi connectivity index (χ2v) is 38.8. The van der Waals surface area contributed by atoms with Crippen molar-refractivity contribution in [1.82, 2.24) is 15.5 Å². The molecule has 0 aliphatic rings. The number of nitrogens with zero attached hydrogens (tertiary/aromatic N) is 2. The maximum absolute atomic E-state index is 13.6. The molecule has 0 amide bonds. The number of ether oxygens (including phenoxy) is 3. The predicted octanol–water partition coefficient (Wildman–Crippen LogP) is 21.4. The minimum atomic E-state index is -5.06. The molecule has 0 aliphatic heterocycles. The minimum Gasteiger partial charge on any atom is -0.381 e. The maximum atomic E-state index is 13.6. The van der Waals surface area contributed by atoms with E-state index in [1.807, 2.05) is 19.0 Å². The highest BCUT2D eigenvalue weighted by molar-refractivity contribution is 7.74. The van der Waals surface area contributed by atoms with Crippen molar-refractivity contribution in [1.29, 1.82) is 5.26 Å². The van der Waals surface area contributed by atoms with Crippen molar-refractivity contribution in [3.8, 4) is 6.07 Å². The quantitative estimate of drug-likeness (QED) is 0.0220. The molecule has 632 valence electrons. The van der Waals surface area contributed by atoms with Gasteiger partial charge in [0.25, 0.3) is 0 Å². The van der Waals surface area contributed by atoms with E-state index in [4.69, 9.17) is 58.1 Å². The second-order valence-electron chi connectivity index (χ2n) is 28.1. The first-order valence-electron chi connectivity index (χ1n) is 41.3. The van der Waals surface area contributed by atoms with Crippen molar-refractivity contribution in [2.45, 2.75) is 352 Å². The van der Waals surface area contributed by atoms with Gasteiger partial charge in [0.05, 0.1) is 26.4 Å². The largest absolute Gasteiger partial charge is 0.697 e. The van der Waals surface area contributed by atoms with Gasteiger partial charge in [-0.3, -0.25) is 18.3 Å². The molecule has 0 aromatic heterocycles. The van der Waals surface area contributed by atoms with E-state index >= 15 is 0 Å². The lowest BCUT2D eigenvalue weighted by molar-refractivity contribution is 0.110. The second kappa shape index (κ2) is 80.4. The molecule has 5 atom stereocenters. The van der Waals surface area contributed by atoms with Gasteiger partial charge in [-0.2, -0.15) is 5.26 Å². The smallest absolute Gasteiger partial charge is 0.381 e. The van der Waals surface area contributed by atoms with Gasteiger partial charge >= 0.3 is 38.6 Å². The summed E-state index contributed by atoms with van der Waals surface area (Å²) in [6, 6.07) is 2.06. The van der Waals surface area contributed by atoms with E-state index in [9.17, 15) is 37.5 Å². The van der Waals surface area contributed by atoms with Gasteiger partial charge in [-0.25, -0.2) is 0 Å². The average molecular weight is 1610 g/mol. The molecule has 105 heavy (non-hydrogen) atoms. The van der Waals surface area contributed by atoms with Crippen LogP contribution in [0.15, 0.2) is 0 Å². The SMILES string of the molecule is CCCCCCCCCCCCCCCCOCCCOP(=O)(O)C(N)(CCCNC)P(=O)(O)O.CCCCCCCCCCCCCCCCOCCCOP(=O)(OC)C(N)(CCCNC)P(=O)(OC)OC.CCCCCCCCCCCCCCCCOCCCO[P+](=O)OC.CN(C)CCC#N. The molecule has 0 aromatic carbocycles. The molecular weight excluding hydrogens is 1440 g/mol. The van der Waals surface area contributed by atoms with Crippen molar-refractivity contribution < 1.29 is 83.4 Å². The third-order valence-electron chi connectivity index (χ3n) is 18.4. The molecule has 0 bridgehead atoms. The van der Waals surface area contributed by atoms with Gasteiger partial charge in [0, 0.05) is 78.5 Å².